The van der Waals surface area contributed by atoms with Crippen LogP contribution in [-0.4, -0.2) is 23.6 Å². The SMILES string of the molecule is Cc1cc(C)c(O)c(NC(=O)C2CCCCCN2)c1. The second-order valence-electron chi connectivity index (χ2n) is 5.32. The van der Waals surface area contributed by atoms with Crippen LogP contribution in [0.2, 0.25) is 0 Å². The number of amides is 1. The topological polar surface area (TPSA) is 61.4 Å². The molecule has 1 amide bonds. The highest BCUT2D eigenvalue weighted by atomic mass is 16.3. The molecule has 1 heterocycles. The number of phenols is 1. The standard InChI is InChI=1S/C15H22N2O2/c1-10-8-11(2)14(18)13(9-10)17-15(19)12-6-4-3-5-7-16-12/h8-9,12,16,18H,3-7H2,1-2H3,(H,17,19). The molecule has 0 bridgehead atoms. The summed E-state index contributed by atoms with van der Waals surface area (Å²) in [5.41, 5.74) is 2.32. The Morgan fingerprint density at radius 3 is 2.89 bits per heavy atom. The Balaban J connectivity index is 2.09. The number of aromatic hydroxyl groups is 1. The average Bonchev–Trinajstić information content (AvgIpc) is 2.64. The molecule has 1 aromatic rings. The Kier molecular flexibility index (Phi) is 4.43. The van der Waals surface area contributed by atoms with Gasteiger partial charge in [-0.25, -0.2) is 0 Å². The summed E-state index contributed by atoms with van der Waals surface area (Å²) in [6.07, 6.45) is 4.23. The number of rotatable bonds is 2. The van der Waals surface area contributed by atoms with Crippen LogP contribution in [-0.2, 0) is 4.79 Å². The van der Waals surface area contributed by atoms with Gasteiger partial charge in [-0.15, -0.1) is 0 Å². The van der Waals surface area contributed by atoms with E-state index in [2.05, 4.69) is 10.6 Å². The lowest BCUT2D eigenvalue weighted by Crippen LogP contribution is -2.39. The van der Waals surface area contributed by atoms with E-state index in [4.69, 9.17) is 0 Å². The third-order valence-electron chi connectivity index (χ3n) is 3.58. The van der Waals surface area contributed by atoms with E-state index >= 15 is 0 Å². The molecule has 104 valence electrons. The highest BCUT2D eigenvalue weighted by Crippen LogP contribution is 2.28. The lowest BCUT2D eigenvalue weighted by atomic mass is 10.1. The number of anilines is 1. The molecule has 1 aromatic carbocycles. The Morgan fingerprint density at radius 1 is 1.32 bits per heavy atom. The lowest BCUT2D eigenvalue weighted by molar-refractivity contribution is -0.118. The van der Waals surface area contributed by atoms with E-state index in [0.29, 0.717) is 5.69 Å². The quantitative estimate of drug-likeness (QED) is 0.718. The average molecular weight is 262 g/mol. The summed E-state index contributed by atoms with van der Waals surface area (Å²) in [4.78, 5) is 12.2. The van der Waals surface area contributed by atoms with Crippen molar-refractivity contribution < 1.29 is 9.90 Å². The maximum Gasteiger partial charge on any atom is 0.241 e. The van der Waals surface area contributed by atoms with Crippen molar-refractivity contribution in [2.24, 2.45) is 0 Å². The molecule has 0 radical (unpaired) electrons. The number of aryl methyl sites for hydroxylation is 2. The predicted molar refractivity (Wildman–Crippen MR) is 76.5 cm³/mol. The van der Waals surface area contributed by atoms with Gasteiger partial charge < -0.3 is 15.7 Å². The summed E-state index contributed by atoms with van der Waals surface area (Å²) >= 11 is 0. The molecule has 3 N–H and O–H groups in total. The van der Waals surface area contributed by atoms with Crippen molar-refractivity contribution in [1.29, 1.82) is 0 Å². The zero-order valence-electron chi connectivity index (χ0n) is 11.6. The first kappa shape index (κ1) is 13.9. The zero-order chi connectivity index (χ0) is 13.8. The molecular formula is C15H22N2O2. The zero-order valence-corrected chi connectivity index (χ0v) is 11.6. The number of nitrogens with one attached hydrogen (secondary N) is 2. The maximum atomic E-state index is 12.2. The minimum absolute atomic E-state index is 0.0535. The van der Waals surface area contributed by atoms with Crippen LogP contribution in [0.5, 0.6) is 5.75 Å². The van der Waals surface area contributed by atoms with Gasteiger partial charge >= 0.3 is 0 Å². The second-order valence-corrected chi connectivity index (χ2v) is 5.32. The van der Waals surface area contributed by atoms with Crippen LogP contribution in [0.3, 0.4) is 0 Å². The number of hydrogen-bond acceptors (Lipinski definition) is 3. The van der Waals surface area contributed by atoms with Crippen LogP contribution in [0.4, 0.5) is 5.69 Å². The summed E-state index contributed by atoms with van der Waals surface area (Å²) in [5.74, 6) is 0.106. The first-order chi connectivity index (χ1) is 9.08. The smallest absolute Gasteiger partial charge is 0.241 e. The molecule has 1 fully saturated rings. The molecule has 4 nitrogen and oxygen atoms in total. The van der Waals surface area contributed by atoms with Crippen LogP contribution >= 0.6 is 0 Å². The second kappa shape index (κ2) is 6.06. The van der Waals surface area contributed by atoms with Crippen molar-refractivity contribution in [3.8, 4) is 5.75 Å². The van der Waals surface area contributed by atoms with Crippen LogP contribution < -0.4 is 10.6 Å². The number of hydrogen-bond donors (Lipinski definition) is 3. The molecule has 1 unspecified atom stereocenters. The number of benzene rings is 1. The molecule has 4 heteroatoms. The van der Waals surface area contributed by atoms with Crippen LogP contribution in [0, 0.1) is 13.8 Å². The van der Waals surface area contributed by atoms with Gasteiger partial charge in [0.25, 0.3) is 0 Å². The fourth-order valence-corrected chi connectivity index (χ4v) is 2.53. The fourth-order valence-electron chi connectivity index (χ4n) is 2.53. The van der Waals surface area contributed by atoms with Crippen molar-refractivity contribution in [2.75, 3.05) is 11.9 Å². The van der Waals surface area contributed by atoms with Gasteiger partial charge in [0.1, 0.15) is 5.75 Å². The Hall–Kier alpha value is -1.55. The van der Waals surface area contributed by atoms with Crippen molar-refractivity contribution in [2.45, 2.75) is 45.6 Å². The third kappa shape index (κ3) is 3.47. The molecule has 2 rings (SSSR count). The van der Waals surface area contributed by atoms with Crippen LogP contribution in [0.25, 0.3) is 0 Å². The summed E-state index contributed by atoms with van der Waals surface area (Å²) in [6, 6.07) is 3.55. The maximum absolute atomic E-state index is 12.2. The van der Waals surface area contributed by atoms with Gasteiger partial charge in [0.05, 0.1) is 11.7 Å². The lowest BCUT2D eigenvalue weighted by Gasteiger charge is -2.17. The van der Waals surface area contributed by atoms with E-state index in [1.807, 2.05) is 19.9 Å². The number of phenolic OH excluding ortho intramolecular Hbond substituents is 1. The molecule has 0 aliphatic carbocycles. The van der Waals surface area contributed by atoms with E-state index in [1.165, 1.54) is 6.42 Å². The Morgan fingerprint density at radius 2 is 2.11 bits per heavy atom. The molecule has 0 aromatic heterocycles. The highest BCUT2D eigenvalue weighted by molar-refractivity contribution is 5.96. The van der Waals surface area contributed by atoms with Crippen molar-refractivity contribution in [3.05, 3.63) is 23.3 Å². The molecule has 0 spiro atoms. The molecule has 0 saturated carbocycles. The van der Waals surface area contributed by atoms with Crippen LogP contribution in [0.15, 0.2) is 12.1 Å². The number of carbonyl (C=O) groups excluding carboxylic acids is 1. The summed E-state index contributed by atoms with van der Waals surface area (Å²) in [5, 5.41) is 16.1. The largest absolute Gasteiger partial charge is 0.505 e. The normalized spacial score (nSPS) is 19.8. The van der Waals surface area contributed by atoms with E-state index in [-0.39, 0.29) is 17.7 Å². The van der Waals surface area contributed by atoms with Crippen molar-refractivity contribution >= 4 is 11.6 Å². The monoisotopic (exact) mass is 262 g/mol. The minimum atomic E-state index is -0.150. The van der Waals surface area contributed by atoms with Gasteiger partial charge in [0, 0.05) is 0 Å². The molecule has 19 heavy (non-hydrogen) atoms. The van der Waals surface area contributed by atoms with Crippen LogP contribution in [0.1, 0.15) is 36.8 Å². The van der Waals surface area contributed by atoms with E-state index < -0.39 is 0 Å². The minimum Gasteiger partial charge on any atom is -0.505 e. The molecule has 1 atom stereocenters. The summed E-state index contributed by atoms with van der Waals surface area (Å²) in [6.45, 7) is 4.67. The van der Waals surface area contributed by atoms with Crippen molar-refractivity contribution in [1.82, 2.24) is 5.32 Å². The third-order valence-corrected chi connectivity index (χ3v) is 3.58. The van der Waals surface area contributed by atoms with E-state index in [9.17, 15) is 9.90 Å². The molecule has 1 saturated heterocycles. The van der Waals surface area contributed by atoms with Gasteiger partial charge in [-0.05, 0) is 50.4 Å². The highest BCUT2D eigenvalue weighted by Gasteiger charge is 2.20. The summed E-state index contributed by atoms with van der Waals surface area (Å²) < 4.78 is 0. The first-order valence-corrected chi connectivity index (χ1v) is 6.92. The molecule has 1 aliphatic rings. The van der Waals surface area contributed by atoms with Crippen molar-refractivity contribution in [3.63, 3.8) is 0 Å². The van der Waals surface area contributed by atoms with Gasteiger partial charge in [0.2, 0.25) is 5.91 Å². The van der Waals surface area contributed by atoms with E-state index in [0.717, 1.165) is 36.9 Å². The van der Waals surface area contributed by atoms with Gasteiger partial charge in [-0.3, -0.25) is 4.79 Å². The Bertz CT molecular complexity index is 463. The van der Waals surface area contributed by atoms with Gasteiger partial charge in [0.15, 0.2) is 0 Å². The first-order valence-electron chi connectivity index (χ1n) is 6.92. The predicted octanol–water partition coefficient (Wildman–Crippen LogP) is 2.48. The summed E-state index contributed by atoms with van der Waals surface area (Å²) in [7, 11) is 0. The van der Waals surface area contributed by atoms with Gasteiger partial charge in [-0.1, -0.05) is 18.9 Å². The van der Waals surface area contributed by atoms with Gasteiger partial charge in [-0.2, -0.15) is 0 Å². The Labute approximate surface area is 114 Å². The number of carbonyl (C=O) groups is 1. The molecular weight excluding hydrogens is 240 g/mol. The van der Waals surface area contributed by atoms with E-state index in [1.54, 1.807) is 6.07 Å². The fraction of sp³-hybridized carbons (Fsp3) is 0.533. The molecule has 1 aliphatic heterocycles.